The van der Waals surface area contributed by atoms with Gasteiger partial charge in [0.1, 0.15) is 18.1 Å². The van der Waals surface area contributed by atoms with Crippen LogP contribution in [0.2, 0.25) is 0 Å². The highest BCUT2D eigenvalue weighted by Gasteiger charge is 2.30. The van der Waals surface area contributed by atoms with E-state index in [1.54, 1.807) is 36.6 Å². The number of aliphatic carboxylic acids is 1. The van der Waals surface area contributed by atoms with Gasteiger partial charge in [0.05, 0.1) is 19.1 Å². The lowest BCUT2D eigenvalue weighted by Crippen LogP contribution is -2.58. The molecule has 1 aromatic carbocycles. The maximum Gasteiger partial charge on any atom is 0.326 e. The van der Waals surface area contributed by atoms with Crippen molar-refractivity contribution in [1.29, 1.82) is 0 Å². The number of carboxylic acids is 1. The van der Waals surface area contributed by atoms with Crippen LogP contribution in [0.3, 0.4) is 0 Å². The van der Waals surface area contributed by atoms with Gasteiger partial charge in [0, 0.05) is 6.42 Å². The van der Waals surface area contributed by atoms with E-state index in [0.717, 1.165) is 0 Å². The van der Waals surface area contributed by atoms with Crippen LogP contribution >= 0.6 is 11.8 Å². The summed E-state index contributed by atoms with van der Waals surface area (Å²) in [6.45, 7) is -0.806. The lowest BCUT2D eigenvalue weighted by molar-refractivity contribution is -0.142. The zero-order valence-electron chi connectivity index (χ0n) is 18.7. The van der Waals surface area contributed by atoms with Crippen LogP contribution in [0.1, 0.15) is 18.4 Å². The van der Waals surface area contributed by atoms with E-state index in [-0.39, 0.29) is 12.8 Å². The van der Waals surface area contributed by atoms with Crippen molar-refractivity contribution in [2.75, 3.05) is 18.6 Å². The molecule has 0 bridgehead atoms. The number of thioether (sulfide) groups is 1. The van der Waals surface area contributed by atoms with Crippen LogP contribution in [0, 0.1) is 0 Å². The Morgan fingerprint density at radius 3 is 2.03 bits per heavy atom. The smallest absolute Gasteiger partial charge is 0.326 e. The van der Waals surface area contributed by atoms with Crippen LogP contribution in [0.5, 0.6) is 0 Å². The Morgan fingerprint density at radius 2 is 1.50 bits per heavy atom. The first kappa shape index (κ1) is 28.9. The van der Waals surface area contributed by atoms with Gasteiger partial charge >= 0.3 is 5.97 Å². The maximum atomic E-state index is 12.7. The van der Waals surface area contributed by atoms with E-state index in [0.29, 0.717) is 11.3 Å². The third-order valence-electron chi connectivity index (χ3n) is 4.71. The fraction of sp³-hybridized carbons (Fsp3) is 0.476. The molecule has 0 fully saturated rings. The first-order valence-corrected chi connectivity index (χ1v) is 11.8. The molecule has 34 heavy (non-hydrogen) atoms. The molecule has 4 atom stereocenters. The summed E-state index contributed by atoms with van der Waals surface area (Å²) in [5.74, 6) is -4.06. The summed E-state index contributed by atoms with van der Waals surface area (Å²) in [4.78, 5) is 60.1. The van der Waals surface area contributed by atoms with Crippen molar-refractivity contribution in [3.05, 3.63) is 35.9 Å². The fourth-order valence-electron chi connectivity index (χ4n) is 2.88. The number of hydrogen-bond acceptors (Lipinski definition) is 8. The van der Waals surface area contributed by atoms with Gasteiger partial charge in [0.15, 0.2) is 0 Å². The quantitative estimate of drug-likeness (QED) is 0.139. The number of primary amides is 1. The molecule has 4 unspecified atom stereocenters. The summed E-state index contributed by atoms with van der Waals surface area (Å²) in [7, 11) is 0. The van der Waals surface area contributed by atoms with E-state index in [1.165, 1.54) is 11.8 Å². The zero-order chi connectivity index (χ0) is 25.7. The second-order valence-electron chi connectivity index (χ2n) is 7.45. The molecular formula is C21H31N5O7S. The first-order valence-electron chi connectivity index (χ1n) is 10.4. The molecule has 0 aliphatic heterocycles. The number of carbonyl (C=O) groups is 5. The molecule has 0 saturated heterocycles. The Balaban J connectivity index is 2.84. The number of aliphatic hydroxyl groups excluding tert-OH is 1. The third kappa shape index (κ3) is 10.2. The van der Waals surface area contributed by atoms with E-state index in [4.69, 9.17) is 11.5 Å². The van der Waals surface area contributed by atoms with Gasteiger partial charge in [-0.3, -0.25) is 19.2 Å². The summed E-state index contributed by atoms with van der Waals surface area (Å²) in [5.41, 5.74) is 11.3. The molecule has 1 aromatic rings. The zero-order valence-corrected chi connectivity index (χ0v) is 19.5. The number of nitrogens with two attached hydrogens (primary N) is 2. The van der Waals surface area contributed by atoms with E-state index in [9.17, 15) is 34.2 Å². The van der Waals surface area contributed by atoms with Gasteiger partial charge in [-0.2, -0.15) is 11.8 Å². The number of nitrogens with one attached hydrogen (secondary N) is 3. The minimum absolute atomic E-state index is 0.00182. The van der Waals surface area contributed by atoms with Crippen LogP contribution < -0.4 is 27.4 Å². The highest BCUT2D eigenvalue weighted by atomic mass is 32.2. The van der Waals surface area contributed by atoms with E-state index in [1.807, 2.05) is 0 Å². The van der Waals surface area contributed by atoms with Crippen molar-refractivity contribution >= 4 is 41.4 Å². The molecule has 0 radical (unpaired) electrons. The first-order chi connectivity index (χ1) is 16.1. The average molecular weight is 498 g/mol. The molecular weight excluding hydrogens is 466 g/mol. The molecule has 12 nitrogen and oxygen atoms in total. The van der Waals surface area contributed by atoms with Crippen molar-refractivity contribution in [3.8, 4) is 0 Å². The summed E-state index contributed by atoms with van der Waals surface area (Å²) in [6, 6.07) is 3.51. The predicted octanol–water partition coefficient (Wildman–Crippen LogP) is -2.28. The second-order valence-corrected chi connectivity index (χ2v) is 8.44. The molecule has 13 heteroatoms. The molecule has 0 spiro atoms. The Bertz CT molecular complexity index is 855. The number of hydrogen-bond donors (Lipinski definition) is 7. The fourth-order valence-corrected chi connectivity index (χ4v) is 3.35. The monoisotopic (exact) mass is 497 g/mol. The summed E-state index contributed by atoms with van der Waals surface area (Å²) >= 11 is 1.41. The maximum absolute atomic E-state index is 12.7. The molecule has 1 rings (SSSR count). The van der Waals surface area contributed by atoms with Crippen molar-refractivity contribution in [3.63, 3.8) is 0 Å². The van der Waals surface area contributed by atoms with Crippen LogP contribution in [-0.4, -0.2) is 82.6 Å². The van der Waals surface area contributed by atoms with Crippen LogP contribution in [-0.2, 0) is 30.4 Å². The number of rotatable bonds is 15. The van der Waals surface area contributed by atoms with Gasteiger partial charge in [-0.05, 0) is 24.0 Å². The van der Waals surface area contributed by atoms with Crippen molar-refractivity contribution < 1.29 is 34.2 Å². The molecule has 0 heterocycles. The van der Waals surface area contributed by atoms with Gasteiger partial charge in [-0.1, -0.05) is 30.3 Å². The van der Waals surface area contributed by atoms with Crippen LogP contribution in [0.25, 0.3) is 0 Å². The highest BCUT2D eigenvalue weighted by Crippen LogP contribution is 2.05. The number of aliphatic hydroxyl groups is 1. The van der Waals surface area contributed by atoms with E-state index >= 15 is 0 Å². The molecule has 188 valence electrons. The lowest BCUT2D eigenvalue weighted by Gasteiger charge is -2.24. The minimum atomic E-state index is -1.46. The van der Waals surface area contributed by atoms with Gasteiger partial charge in [0.25, 0.3) is 0 Å². The summed E-state index contributed by atoms with van der Waals surface area (Å²) < 4.78 is 0. The van der Waals surface area contributed by atoms with Gasteiger partial charge in [-0.15, -0.1) is 0 Å². The van der Waals surface area contributed by atoms with Gasteiger partial charge in [0.2, 0.25) is 23.6 Å². The molecule has 9 N–H and O–H groups in total. The Morgan fingerprint density at radius 1 is 0.941 bits per heavy atom. The Labute approximate surface area is 201 Å². The largest absolute Gasteiger partial charge is 0.480 e. The topological polar surface area (TPSA) is 214 Å². The minimum Gasteiger partial charge on any atom is -0.480 e. The SMILES string of the molecule is CSCCC(NC(=O)C(N)CC(N)=O)C(=O)NC(CO)C(=O)NC(Cc1ccccc1)C(=O)O. The number of carbonyl (C=O) groups excluding carboxylic acids is 4. The number of carboxylic acid groups (broad SMARTS) is 1. The van der Waals surface area contributed by atoms with Gasteiger partial charge in [-0.25, -0.2) is 4.79 Å². The van der Waals surface area contributed by atoms with Crippen molar-refractivity contribution in [2.24, 2.45) is 11.5 Å². The van der Waals surface area contributed by atoms with E-state index < -0.39 is 66.8 Å². The Hall–Kier alpha value is -3.16. The van der Waals surface area contributed by atoms with Gasteiger partial charge < -0.3 is 37.6 Å². The van der Waals surface area contributed by atoms with E-state index in [2.05, 4.69) is 16.0 Å². The number of benzene rings is 1. The standard InChI is InChI=1S/C21H31N5O7S/c1-34-8-7-14(24-18(29)13(22)10-17(23)28)19(30)26-16(11-27)20(31)25-15(21(32)33)9-12-5-3-2-4-6-12/h2-6,13-16,27H,7-11,22H2,1H3,(H2,23,28)(H,24,29)(H,25,31)(H,26,30)(H,32,33). The van der Waals surface area contributed by atoms with Crippen LogP contribution in [0.15, 0.2) is 30.3 Å². The van der Waals surface area contributed by atoms with Crippen molar-refractivity contribution in [2.45, 2.75) is 43.4 Å². The summed E-state index contributed by atoms with van der Waals surface area (Å²) in [5, 5.41) is 26.1. The second kappa shape index (κ2) is 14.9. The van der Waals surface area contributed by atoms with Crippen LogP contribution in [0.4, 0.5) is 0 Å². The molecule has 4 amide bonds. The average Bonchev–Trinajstić information content (AvgIpc) is 2.79. The third-order valence-corrected chi connectivity index (χ3v) is 5.36. The molecule has 0 saturated carbocycles. The molecule has 0 aliphatic carbocycles. The predicted molar refractivity (Wildman–Crippen MR) is 125 cm³/mol. The number of amides is 4. The summed E-state index contributed by atoms with van der Waals surface area (Å²) in [6.07, 6.45) is 1.55. The molecule has 0 aliphatic rings. The normalized spacial score (nSPS) is 14.2. The Kier molecular flexibility index (Phi) is 12.6. The highest BCUT2D eigenvalue weighted by molar-refractivity contribution is 7.98. The lowest BCUT2D eigenvalue weighted by atomic mass is 10.1. The van der Waals surface area contributed by atoms with Crippen molar-refractivity contribution in [1.82, 2.24) is 16.0 Å². The molecule has 0 aromatic heterocycles.